The van der Waals surface area contributed by atoms with Crippen molar-refractivity contribution in [2.45, 2.75) is 12.3 Å². The highest BCUT2D eigenvalue weighted by Crippen LogP contribution is 2.27. The first kappa shape index (κ1) is 14.8. The molecule has 104 valence electrons. The summed E-state index contributed by atoms with van der Waals surface area (Å²) < 4.78 is 13.4. The number of anilines is 1. The fourth-order valence-electron chi connectivity index (χ4n) is 1.79. The van der Waals surface area contributed by atoms with Gasteiger partial charge in [0.1, 0.15) is 5.82 Å². The molecule has 2 aromatic rings. The van der Waals surface area contributed by atoms with E-state index >= 15 is 0 Å². The van der Waals surface area contributed by atoms with E-state index in [9.17, 15) is 9.18 Å². The second-order valence-corrected chi connectivity index (χ2v) is 5.35. The largest absolute Gasteiger partial charge is 0.322 e. The predicted octanol–water partition coefficient (Wildman–Crippen LogP) is 5.03. The van der Waals surface area contributed by atoms with Gasteiger partial charge in [-0.3, -0.25) is 4.79 Å². The molecule has 0 spiro atoms. The molecule has 2 nitrogen and oxygen atoms in total. The number of amides is 1. The highest BCUT2D eigenvalue weighted by atomic mass is 35.5. The Hall–Kier alpha value is -1.58. The van der Waals surface area contributed by atoms with Gasteiger partial charge >= 0.3 is 0 Å². The number of hydrogen-bond donors (Lipinski definition) is 1. The number of para-hydroxylation sites is 1. The molecule has 1 N–H and O–H groups in total. The van der Waals surface area contributed by atoms with Crippen LogP contribution in [0.3, 0.4) is 0 Å². The van der Waals surface area contributed by atoms with Gasteiger partial charge in [-0.2, -0.15) is 0 Å². The predicted molar refractivity (Wildman–Crippen MR) is 80.1 cm³/mol. The maximum Gasteiger partial charge on any atom is 0.255 e. The maximum atomic E-state index is 13.4. The Morgan fingerprint density at radius 3 is 2.60 bits per heavy atom. The molecule has 0 heterocycles. The molecule has 1 amide bonds. The number of carbonyl (C=O) groups is 1. The van der Waals surface area contributed by atoms with E-state index in [0.29, 0.717) is 5.69 Å². The minimum absolute atomic E-state index is 0.0173. The number of halogens is 3. The van der Waals surface area contributed by atoms with Crippen LogP contribution in [0.15, 0.2) is 42.5 Å². The van der Waals surface area contributed by atoms with Crippen molar-refractivity contribution in [1.82, 2.24) is 0 Å². The van der Waals surface area contributed by atoms with Crippen molar-refractivity contribution < 1.29 is 9.18 Å². The molecule has 0 aliphatic carbocycles. The van der Waals surface area contributed by atoms with Crippen molar-refractivity contribution in [2.75, 3.05) is 5.32 Å². The van der Waals surface area contributed by atoms with Crippen LogP contribution >= 0.6 is 23.2 Å². The number of benzene rings is 2. The van der Waals surface area contributed by atoms with Crippen molar-refractivity contribution in [3.63, 3.8) is 0 Å². The smallest absolute Gasteiger partial charge is 0.255 e. The first-order valence-electron chi connectivity index (χ1n) is 5.98. The lowest BCUT2D eigenvalue weighted by Crippen LogP contribution is -2.13. The molecule has 0 aliphatic rings. The van der Waals surface area contributed by atoms with Crippen molar-refractivity contribution in [3.05, 3.63) is 64.4 Å². The Bertz CT molecular complexity index is 644. The molecule has 5 heteroatoms. The van der Waals surface area contributed by atoms with Crippen molar-refractivity contribution >= 4 is 34.8 Å². The summed E-state index contributed by atoms with van der Waals surface area (Å²) in [6.45, 7) is 1.81. The number of carbonyl (C=O) groups excluding carboxylic acids is 1. The Balaban J connectivity index is 2.26. The fraction of sp³-hybridized carbons (Fsp3) is 0.133. The fourth-order valence-corrected chi connectivity index (χ4v) is 2.10. The number of alkyl halides is 1. The molecule has 0 fully saturated rings. The van der Waals surface area contributed by atoms with E-state index in [1.54, 1.807) is 12.1 Å². The van der Waals surface area contributed by atoms with E-state index in [4.69, 9.17) is 23.2 Å². The zero-order valence-electron chi connectivity index (χ0n) is 10.7. The summed E-state index contributed by atoms with van der Waals surface area (Å²) in [4.78, 5) is 12.1. The highest BCUT2D eigenvalue weighted by Gasteiger charge is 2.13. The second-order valence-electron chi connectivity index (χ2n) is 4.29. The average Bonchev–Trinajstić information content (AvgIpc) is 2.42. The van der Waals surface area contributed by atoms with Crippen LogP contribution in [0.5, 0.6) is 0 Å². The van der Waals surface area contributed by atoms with E-state index in [1.165, 1.54) is 12.1 Å². The lowest BCUT2D eigenvalue weighted by molar-refractivity contribution is 0.102. The van der Waals surface area contributed by atoms with E-state index in [0.717, 1.165) is 11.6 Å². The third kappa shape index (κ3) is 3.30. The van der Waals surface area contributed by atoms with Gasteiger partial charge in [-0.1, -0.05) is 29.8 Å². The van der Waals surface area contributed by atoms with Gasteiger partial charge in [0.05, 0.1) is 10.4 Å². The Kier molecular flexibility index (Phi) is 4.63. The maximum absolute atomic E-state index is 13.4. The second kappa shape index (κ2) is 6.25. The zero-order chi connectivity index (χ0) is 14.7. The third-order valence-electron chi connectivity index (χ3n) is 2.82. The van der Waals surface area contributed by atoms with Crippen molar-refractivity contribution in [3.8, 4) is 0 Å². The SMILES string of the molecule is CC(Cl)c1ccccc1NC(=O)c1ccc(Cl)c(F)c1. The Morgan fingerprint density at radius 2 is 1.95 bits per heavy atom. The van der Waals surface area contributed by atoms with E-state index in [-0.39, 0.29) is 16.0 Å². The van der Waals surface area contributed by atoms with Gasteiger partial charge in [-0.25, -0.2) is 4.39 Å². The summed E-state index contributed by atoms with van der Waals surface area (Å²) in [7, 11) is 0. The summed E-state index contributed by atoms with van der Waals surface area (Å²) in [5, 5.41) is 2.46. The van der Waals surface area contributed by atoms with Gasteiger partial charge in [0.2, 0.25) is 0 Å². The number of rotatable bonds is 3. The van der Waals surface area contributed by atoms with Gasteiger partial charge in [0, 0.05) is 11.3 Å². The summed E-state index contributed by atoms with van der Waals surface area (Å²) in [5.74, 6) is -1.04. The molecule has 0 saturated heterocycles. The molecule has 1 unspecified atom stereocenters. The third-order valence-corrected chi connectivity index (χ3v) is 3.36. The lowest BCUT2D eigenvalue weighted by Gasteiger charge is -2.12. The van der Waals surface area contributed by atoms with E-state index in [1.807, 2.05) is 19.1 Å². The average molecular weight is 312 g/mol. The summed E-state index contributed by atoms with van der Waals surface area (Å²) in [6, 6.07) is 11.1. The molecule has 0 bridgehead atoms. The molecule has 0 aromatic heterocycles. The van der Waals surface area contributed by atoms with Gasteiger partial charge < -0.3 is 5.32 Å². The van der Waals surface area contributed by atoms with Crippen LogP contribution in [-0.4, -0.2) is 5.91 Å². The zero-order valence-corrected chi connectivity index (χ0v) is 12.2. The molecular weight excluding hydrogens is 300 g/mol. The van der Waals surface area contributed by atoms with Crippen LogP contribution < -0.4 is 5.32 Å². The van der Waals surface area contributed by atoms with Crippen molar-refractivity contribution in [1.29, 1.82) is 0 Å². The summed E-state index contributed by atoms with van der Waals surface area (Å²) in [5.41, 5.74) is 1.61. The monoisotopic (exact) mass is 311 g/mol. The Morgan fingerprint density at radius 1 is 1.25 bits per heavy atom. The van der Waals surface area contributed by atoms with Crippen LogP contribution in [0.1, 0.15) is 28.2 Å². The van der Waals surface area contributed by atoms with Crippen LogP contribution in [-0.2, 0) is 0 Å². The van der Waals surface area contributed by atoms with Gasteiger partial charge in [-0.15, -0.1) is 11.6 Å². The minimum Gasteiger partial charge on any atom is -0.322 e. The molecule has 1 atom stereocenters. The molecule has 0 radical (unpaired) electrons. The molecule has 2 rings (SSSR count). The number of hydrogen-bond acceptors (Lipinski definition) is 1. The summed E-state index contributed by atoms with van der Waals surface area (Å²) in [6.07, 6.45) is 0. The lowest BCUT2D eigenvalue weighted by atomic mass is 10.1. The van der Waals surface area contributed by atoms with Gasteiger partial charge in [0.25, 0.3) is 5.91 Å². The van der Waals surface area contributed by atoms with E-state index < -0.39 is 11.7 Å². The quantitative estimate of drug-likeness (QED) is 0.791. The Labute approximate surface area is 126 Å². The normalized spacial score (nSPS) is 12.0. The summed E-state index contributed by atoms with van der Waals surface area (Å²) >= 11 is 11.6. The first-order valence-corrected chi connectivity index (χ1v) is 6.80. The molecule has 2 aromatic carbocycles. The number of nitrogens with one attached hydrogen (secondary N) is 1. The highest BCUT2D eigenvalue weighted by molar-refractivity contribution is 6.30. The van der Waals surface area contributed by atoms with E-state index in [2.05, 4.69) is 5.32 Å². The van der Waals surface area contributed by atoms with Crippen molar-refractivity contribution in [2.24, 2.45) is 0 Å². The standard InChI is InChI=1S/C15H12Cl2FNO/c1-9(16)11-4-2-3-5-14(11)19-15(20)10-6-7-12(17)13(18)8-10/h2-9H,1H3,(H,19,20). The molecule has 20 heavy (non-hydrogen) atoms. The topological polar surface area (TPSA) is 29.1 Å². The minimum atomic E-state index is -0.627. The molecule has 0 saturated carbocycles. The van der Waals surface area contributed by atoms with Crippen LogP contribution in [0.4, 0.5) is 10.1 Å². The molecule has 0 aliphatic heterocycles. The first-order chi connectivity index (χ1) is 9.49. The van der Waals surface area contributed by atoms with Gasteiger partial charge in [0.15, 0.2) is 0 Å². The van der Waals surface area contributed by atoms with Crippen LogP contribution in [0.25, 0.3) is 0 Å². The van der Waals surface area contributed by atoms with Gasteiger partial charge in [-0.05, 0) is 36.8 Å². The van der Waals surface area contributed by atoms with Crippen LogP contribution in [0, 0.1) is 5.82 Å². The van der Waals surface area contributed by atoms with Crippen LogP contribution in [0.2, 0.25) is 5.02 Å². The molecular formula is C15H12Cl2FNO.